The highest BCUT2D eigenvalue weighted by atomic mass is 15.3. The van der Waals surface area contributed by atoms with Gasteiger partial charge in [0.15, 0.2) is 11.5 Å². The Morgan fingerprint density at radius 2 is 1.75 bits per heavy atom. The van der Waals surface area contributed by atoms with Crippen LogP contribution < -0.4 is 10.2 Å². The van der Waals surface area contributed by atoms with E-state index in [0.717, 1.165) is 83.9 Å². The summed E-state index contributed by atoms with van der Waals surface area (Å²) in [6, 6.07) is 16.6. The van der Waals surface area contributed by atoms with Gasteiger partial charge in [0.1, 0.15) is 11.2 Å². The van der Waals surface area contributed by atoms with Gasteiger partial charge < -0.3 is 20.1 Å². The minimum absolute atomic E-state index is 0.685. The molecule has 0 spiro atoms. The SMILES string of the molecule is CN1CCN(c2ccnc3nc(-c4n[nH]c5cnc(-c6cncc(CNCc7ccccc7)c6)cc45)[nH]c23)CC1. The summed E-state index contributed by atoms with van der Waals surface area (Å²) in [6.07, 6.45) is 7.39. The maximum absolute atomic E-state index is 4.82. The van der Waals surface area contributed by atoms with Gasteiger partial charge in [0.25, 0.3) is 0 Å². The molecule has 10 nitrogen and oxygen atoms in total. The molecule has 1 aliphatic heterocycles. The fourth-order valence-electron chi connectivity index (χ4n) is 5.25. The number of fused-ring (bicyclic) bond motifs is 2. The van der Waals surface area contributed by atoms with Crippen LogP contribution in [0.1, 0.15) is 11.1 Å². The molecule has 3 N–H and O–H groups in total. The predicted molar refractivity (Wildman–Crippen MR) is 157 cm³/mol. The van der Waals surface area contributed by atoms with Crippen LogP contribution in [0.3, 0.4) is 0 Å². The van der Waals surface area contributed by atoms with Gasteiger partial charge >= 0.3 is 0 Å². The molecule has 40 heavy (non-hydrogen) atoms. The normalized spacial score (nSPS) is 14.4. The van der Waals surface area contributed by atoms with Crippen molar-refractivity contribution in [2.75, 3.05) is 38.1 Å². The fraction of sp³-hybridized carbons (Fsp3) is 0.233. The quantitative estimate of drug-likeness (QED) is 0.284. The molecule has 10 heteroatoms. The van der Waals surface area contributed by atoms with E-state index in [0.29, 0.717) is 11.5 Å². The van der Waals surface area contributed by atoms with E-state index in [1.165, 1.54) is 5.56 Å². The van der Waals surface area contributed by atoms with Crippen LogP contribution >= 0.6 is 0 Å². The second kappa shape index (κ2) is 10.5. The highest BCUT2D eigenvalue weighted by Gasteiger charge is 2.20. The molecule has 0 aliphatic carbocycles. The molecule has 0 amide bonds. The van der Waals surface area contributed by atoms with E-state index in [1.807, 2.05) is 36.9 Å². The number of hydrogen-bond acceptors (Lipinski definition) is 8. The molecule has 200 valence electrons. The van der Waals surface area contributed by atoms with Gasteiger partial charge in [-0.3, -0.25) is 15.1 Å². The third kappa shape index (κ3) is 4.78. The van der Waals surface area contributed by atoms with E-state index in [-0.39, 0.29) is 0 Å². The molecule has 0 atom stereocenters. The molecule has 0 bridgehead atoms. The van der Waals surface area contributed by atoms with Crippen molar-refractivity contribution < 1.29 is 0 Å². The van der Waals surface area contributed by atoms with Crippen molar-refractivity contribution in [3.8, 4) is 22.8 Å². The molecule has 1 saturated heterocycles. The summed E-state index contributed by atoms with van der Waals surface area (Å²) in [7, 11) is 2.16. The van der Waals surface area contributed by atoms with Gasteiger partial charge in [0, 0.05) is 68.8 Å². The Morgan fingerprint density at radius 1 is 0.900 bits per heavy atom. The van der Waals surface area contributed by atoms with Crippen molar-refractivity contribution in [2.45, 2.75) is 13.1 Å². The van der Waals surface area contributed by atoms with Crippen LogP contribution in [0.2, 0.25) is 0 Å². The summed E-state index contributed by atoms with van der Waals surface area (Å²) in [5, 5.41) is 12.2. The summed E-state index contributed by atoms with van der Waals surface area (Å²) in [5.41, 5.74) is 8.49. The first-order valence-corrected chi connectivity index (χ1v) is 13.5. The van der Waals surface area contributed by atoms with Gasteiger partial charge in [0.05, 0.1) is 23.1 Å². The van der Waals surface area contributed by atoms with Crippen LogP contribution in [0.5, 0.6) is 0 Å². The molecular weight excluding hydrogens is 500 g/mol. The number of rotatable bonds is 7. The average molecular weight is 531 g/mol. The highest BCUT2D eigenvalue weighted by molar-refractivity contribution is 5.95. The standard InChI is InChI=1S/C30H30N10/c1-39-9-11-40(12-10-39)26-7-8-33-29-28(26)35-30(36-29)27-23-14-24(34-19-25(23)37-38-27)22-13-21(17-32-18-22)16-31-15-20-5-3-2-4-6-20/h2-8,13-14,17-19,31H,9-12,15-16H2,1H3,(H,37,38)(H,33,35,36). The van der Waals surface area contributed by atoms with E-state index in [2.05, 4.69) is 83.7 Å². The Bertz CT molecular complexity index is 1770. The minimum atomic E-state index is 0.685. The van der Waals surface area contributed by atoms with Crippen LogP contribution in [-0.4, -0.2) is 73.2 Å². The van der Waals surface area contributed by atoms with Crippen LogP contribution in [0.15, 0.2) is 73.3 Å². The maximum Gasteiger partial charge on any atom is 0.180 e. The Labute approximate surface area is 231 Å². The molecule has 0 unspecified atom stereocenters. The minimum Gasteiger partial charge on any atom is -0.367 e. The number of aromatic nitrogens is 7. The third-order valence-corrected chi connectivity index (χ3v) is 7.48. The van der Waals surface area contributed by atoms with Gasteiger partial charge in [-0.2, -0.15) is 5.10 Å². The van der Waals surface area contributed by atoms with Crippen LogP contribution in [0, 0.1) is 0 Å². The number of aromatic amines is 2. The number of imidazole rings is 1. The number of pyridine rings is 3. The number of benzene rings is 1. The number of nitrogens with zero attached hydrogens (tertiary/aromatic N) is 7. The topological polar surface area (TPSA) is 115 Å². The van der Waals surface area contributed by atoms with E-state index in [4.69, 9.17) is 9.97 Å². The lowest BCUT2D eigenvalue weighted by Crippen LogP contribution is -2.44. The maximum atomic E-state index is 4.82. The Balaban J connectivity index is 1.17. The first-order valence-electron chi connectivity index (χ1n) is 13.5. The smallest absolute Gasteiger partial charge is 0.180 e. The summed E-state index contributed by atoms with van der Waals surface area (Å²) in [4.78, 5) is 26.8. The zero-order valence-electron chi connectivity index (χ0n) is 22.3. The number of anilines is 1. The molecular formula is C30H30N10. The van der Waals surface area contributed by atoms with Crippen LogP contribution in [-0.2, 0) is 13.1 Å². The van der Waals surface area contributed by atoms with Gasteiger partial charge in [-0.15, -0.1) is 0 Å². The molecule has 5 aromatic heterocycles. The Morgan fingerprint density at radius 3 is 2.62 bits per heavy atom. The van der Waals surface area contributed by atoms with E-state index in [1.54, 1.807) is 0 Å². The van der Waals surface area contributed by atoms with Gasteiger partial charge in [-0.1, -0.05) is 30.3 Å². The molecule has 0 radical (unpaired) electrons. The van der Waals surface area contributed by atoms with Crippen molar-refractivity contribution in [3.63, 3.8) is 0 Å². The highest BCUT2D eigenvalue weighted by Crippen LogP contribution is 2.31. The number of nitrogens with one attached hydrogen (secondary N) is 3. The predicted octanol–water partition coefficient (Wildman–Crippen LogP) is 4.00. The Kier molecular flexibility index (Phi) is 6.39. The zero-order valence-corrected chi connectivity index (χ0v) is 22.3. The molecule has 6 heterocycles. The second-order valence-corrected chi connectivity index (χ2v) is 10.3. The second-order valence-electron chi connectivity index (χ2n) is 10.3. The summed E-state index contributed by atoms with van der Waals surface area (Å²) in [6.45, 7) is 5.53. The van der Waals surface area contributed by atoms with Crippen molar-refractivity contribution in [2.24, 2.45) is 0 Å². The summed E-state index contributed by atoms with van der Waals surface area (Å²) in [5.74, 6) is 0.685. The fourth-order valence-corrected chi connectivity index (χ4v) is 5.25. The average Bonchev–Trinajstić information content (AvgIpc) is 3.62. The van der Waals surface area contributed by atoms with Crippen molar-refractivity contribution in [1.82, 2.24) is 45.3 Å². The first-order chi connectivity index (χ1) is 19.7. The lowest BCUT2D eigenvalue weighted by Gasteiger charge is -2.34. The summed E-state index contributed by atoms with van der Waals surface area (Å²) >= 11 is 0. The van der Waals surface area contributed by atoms with E-state index in [9.17, 15) is 0 Å². The molecule has 1 fully saturated rings. The van der Waals surface area contributed by atoms with E-state index < -0.39 is 0 Å². The van der Waals surface area contributed by atoms with Gasteiger partial charge in [-0.05, 0) is 36.4 Å². The van der Waals surface area contributed by atoms with Crippen molar-refractivity contribution >= 4 is 27.8 Å². The molecule has 1 aromatic carbocycles. The molecule has 6 aromatic rings. The van der Waals surface area contributed by atoms with Crippen molar-refractivity contribution in [3.05, 3.63) is 84.4 Å². The number of likely N-dealkylation sites (N-methyl/N-ethyl adjacent to an activating group) is 1. The van der Waals surface area contributed by atoms with Gasteiger partial charge in [-0.25, -0.2) is 9.97 Å². The molecule has 1 aliphatic rings. The first kappa shape index (κ1) is 24.4. The lowest BCUT2D eigenvalue weighted by atomic mass is 10.1. The number of piperazine rings is 1. The molecule has 0 saturated carbocycles. The summed E-state index contributed by atoms with van der Waals surface area (Å²) < 4.78 is 0. The Hall–Kier alpha value is -4.67. The lowest BCUT2D eigenvalue weighted by molar-refractivity contribution is 0.313. The van der Waals surface area contributed by atoms with Crippen LogP contribution in [0.25, 0.3) is 44.8 Å². The zero-order chi connectivity index (χ0) is 26.9. The monoisotopic (exact) mass is 530 g/mol. The van der Waals surface area contributed by atoms with Gasteiger partial charge in [0.2, 0.25) is 0 Å². The van der Waals surface area contributed by atoms with Crippen molar-refractivity contribution in [1.29, 1.82) is 0 Å². The number of H-pyrrole nitrogens is 2. The largest absolute Gasteiger partial charge is 0.367 e. The van der Waals surface area contributed by atoms with Crippen LogP contribution in [0.4, 0.5) is 5.69 Å². The molecule has 7 rings (SSSR count). The van der Waals surface area contributed by atoms with E-state index >= 15 is 0 Å². The third-order valence-electron chi connectivity index (χ3n) is 7.48. The number of hydrogen-bond donors (Lipinski definition) is 3.